The summed E-state index contributed by atoms with van der Waals surface area (Å²) in [5.41, 5.74) is 10.1. The maximum Gasteiger partial charge on any atom is 0.144 e. The quantitative estimate of drug-likeness (QED) is 0.272. The molecule has 2 heterocycles. The van der Waals surface area contributed by atoms with Crippen LogP contribution in [-0.2, 0) is 6.42 Å². The highest BCUT2D eigenvalue weighted by Crippen LogP contribution is 2.38. The molecule has 0 amide bonds. The Bertz CT molecular complexity index is 1500. The van der Waals surface area contributed by atoms with E-state index in [9.17, 15) is 0 Å². The maximum atomic E-state index is 6.26. The molecule has 0 fully saturated rings. The van der Waals surface area contributed by atoms with E-state index in [1.165, 1.54) is 22.3 Å². The summed E-state index contributed by atoms with van der Waals surface area (Å²) in [6, 6.07) is 21.1. The van der Waals surface area contributed by atoms with Gasteiger partial charge in [0.2, 0.25) is 0 Å². The van der Waals surface area contributed by atoms with Crippen molar-refractivity contribution >= 4 is 33.5 Å². The van der Waals surface area contributed by atoms with Gasteiger partial charge < -0.3 is 4.42 Å². The van der Waals surface area contributed by atoms with E-state index in [0.717, 1.165) is 45.2 Å². The molecule has 0 aliphatic heterocycles. The van der Waals surface area contributed by atoms with Crippen molar-refractivity contribution in [3.63, 3.8) is 0 Å². The van der Waals surface area contributed by atoms with E-state index in [2.05, 4.69) is 77.1 Å². The van der Waals surface area contributed by atoms with Crippen molar-refractivity contribution in [1.29, 1.82) is 0 Å². The van der Waals surface area contributed by atoms with Gasteiger partial charge in [-0.05, 0) is 77.8 Å². The number of pyridine rings is 1. The average molecular weight is 454 g/mol. The molecule has 166 valence electrons. The molecule has 0 saturated heterocycles. The molecule has 0 unspecified atom stereocenters. The van der Waals surface area contributed by atoms with Crippen LogP contribution in [0.3, 0.4) is 0 Å². The summed E-state index contributed by atoms with van der Waals surface area (Å²) in [5.74, 6) is 0. The fraction of sp³-hybridized carbons (Fsp3) is 0.233. The lowest BCUT2D eigenvalue weighted by Gasteiger charge is -2.19. The van der Waals surface area contributed by atoms with Gasteiger partial charge in [0.1, 0.15) is 11.2 Å². The predicted octanol–water partition coefficient (Wildman–Crippen LogP) is 9.17. The Morgan fingerprint density at radius 1 is 0.818 bits per heavy atom. The molecule has 2 nitrogen and oxygen atoms in total. The van der Waals surface area contributed by atoms with Gasteiger partial charge >= 0.3 is 0 Å². The summed E-state index contributed by atoms with van der Waals surface area (Å²) < 4.78 is 6.26. The molecule has 3 aromatic carbocycles. The van der Waals surface area contributed by atoms with Crippen LogP contribution in [0.15, 0.2) is 71.3 Å². The van der Waals surface area contributed by atoms with Crippen LogP contribution in [0.25, 0.3) is 44.3 Å². The molecule has 2 aromatic heterocycles. The number of fused-ring (bicyclic) bond motifs is 3. The van der Waals surface area contributed by atoms with E-state index >= 15 is 0 Å². The minimum absolute atomic E-state index is 0.267. The van der Waals surface area contributed by atoms with Gasteiger partial charge in [-0.15, -0.1) is 0 Å². The summed E-state index contributed by atoms with van der Waals surface area (Å²) >= 11 is 6.20. The van der Waals surface area contributed by atoms with Gasteiger partial charge in [-0.1, -0.05) is 62.7 Å². The van der Waals surface area contributed by atoms with Crippen molar-refractivity contribution in [3.8, 4) is 22.4 Å². The highest BCUT2D eigenvalue weighted by molar-refractivity contribution is 6.31. The van der Waals surface area contributed by atoms with E-state index in [0.29, 0.717) is 5.02 Å². The second kappa shape index (κ2) is 8.04. The zero-order valence-electron chi connectivity index (χ0n) is 19.8. The highest BCUT2D eigenvalue weighted by Gasteiger charge is 2.16. The van der Waals surface area contributed by atoms with Gasteiger partial charge in [0.25, 0.3) is 0 Å². The topological polar surface area (TPSA) is 26.0 Å². The van der Waals surface area contributed by atoms with Crippen molar-refractivity contribution in [1.82, 2.24) is 4.98 Å². The van der Waals surface area contributed by atoms with E-state index in [1.54, 1.807) is 0 Å². The van der Waals surface area contributed by atoms with Crippen LogP contribution in [0.2, 0.25) is 5.02 Å². The number of furan rings is 1. The molecular weight excluding hydrogens is 426 g/mol. The first-order chi connectivity index (χ1) is 15.7. The summed E-state index contributed by atoms with van der Waals surface area (Å²) in [6.45, 7) is 11.2. The normalized spacial score (nSPS) is 12.1. The molecule has 0 atom stereocenters. The van der Waals surface area contributed by atoms with Crippen LogP contribution >= 0.6 is 11.6 Å². The Kier molecular flexibility index (Phi) is 5.29. The van der Waals surface area contributed by atoms with Gasteiger partial charge in [-0.3, -0.25) is 4.98 Å². The standard InChI is InChI=1S/C30H28ClNO/c1-18-13-20(16-30(3,4)5)9-11-22(18)26-15-27(32-17-19(26)2)25-8-6-7-24-23-12-10-21(31)14-28(23)33-29(24)25/h6-15,17H,16H2,1-5H3. The SMILES string of the molecule is Cc1cc(CC(C)(C)C)ccc1-c1cc(-c2cccc3c2oc2cc(Cl)ccc23)ncc1C. The van der Waals surface area contributed by atoms with Crippen LogP contribution in [0, 0.1) is 19.3 Å². The molecule has 5 rings (SSSR count). The Hall–Kier alpha value is -3.10. The minimum atomic E-state index is 0.267. The van der Waals surface area contributed by atoms with E-state index in [4.69, 9.17) is 21.0 Å². The van der Waals surface area contributed by atoms with Crippen LogP contribution in [0.1, 0.15) is 37.5 Å². The number of para-hydroxylation sites is 1. The molecule has 33 heavy (non-hydrogen) atoms. The van der Waals surface area contributed by atoms with Gasteiger partial charge in [-0.2, -0.15) is 0 Å². The van der Waals surface area contributed by atoms with Crippen LogP contribution < -0.4 is 0 Å². The summed E-state index contributed by atoms with van der Waals surface area (Å²) in [5, 5.41) is 2.81. The molecule has 0 radical (unpaired) electrons. The fourth-order valence-corrected chi connectivity index (χ4v) is 4.85. The zero-order valence-corrected chi connectivity index (χ0v) is 20.5. The number of benzene rings is 3. The van der Waals surface area contributed by atoms with Gasteiger partial charge in [0, 0.05) is 33.6 Å². The van der Waals surface area contributed by atoms with E-state index < -0.39 is 0 Å². The van der Waals surface area contributed by atoms with Crippen molar-refractivity contribution < 1.29 is 4.42 Å². The van der Waals surface area contributed by atoms with Crippen molar-refractivity contribution in [3.05, 3.63) is 88.6 Å². The number of aryl methyl sites for hydroxylation is 2. The highest BCUT2D eigenvalue weighted by atomic mass is 35.5. The number of halogens is 1. The molecule has 0 spiro atoms. The summed E-state index contributed by atoms with van der Waals surface area (Å²) in [6.07, 6.45) is 3.03. The average Bonchev–Trinajstić information content (AvgIpc) is 3.11. The third-order valence-corrected chi connectivity index (χ3v) is 6.39. The lowest BCUT2D eigenvalue weighted by atomic mass is 9.86. The fourth-order valence-electron chi connectivity index (χ4n) is 4.69. The third-order valence-electron chi connectivity index (χ3n) is 6.16. The summed E-state index contributed by atoms with van der Waals surface area (Å²) in [7, 11) is 0. The second-order valence-electron chi connectivity index (χ2n) is 10.2. The Morgan fingerprint density at radius 2 is 1.64 bits per heavy atom. The first-order valence-corrected chi connectivity index (χ1v) is 11.8. The molecule has 0 aliphatic rings. The largest absolute Gasteiger partial charge is 0.455 e. The van der Waals surface area contributed by atoms with Crippen LogP contribution in [-0.4, -0.2) is 4.98 Å². The maximum absolute atomic E-state index is 6.26. The Labute approximate surface area is 200 Å². The molecule has 5 aromatic rings. The zero-order chi connectivity index (χ0) is 23.3. The minimum Gasteiger partial charge on any atom is -0.455 e. The number of rotatable bonds is 3. The number of hydrogen-bond acceptors (Lipinski definition) is 2. The predicted molar refractivity (Wildman–Crippen MR) is 140 cm³/mol. The monoisotopic (exact) mass is 453 g/mol. The molecule has 0 saturated carbocycles. The lowest BCUT2D eigenvalue weighted by Crippen LogP contribution is -2.09. The van der Waals surface area contributed by atoms with Crippen LogP contribution in [0.5, 0.6) is 0 Å². The second-order valence-corrected chi connectivity index (χ2v) is 10.6. The van der Waals surface area contributed by atoms with E-state index in [1.807, 2.05) is 24.4 Å². The van der Waals surface area contributed by atoms with Gasteiger partial charge in [-0.25, -0.2) is 0 Å². The van der Waals surface area contributed by atoms with Crippen molar-refractivity contribution in [2.75, 3.05) is 0 Å². The molecule has 3 heteroatoms. The lowest BCUT2D eigenvalue weighted by molar-refractivity contribution is 0.411. The van der Waals surface area contributed by atoms with Gasteiger partial charge in [0.15, 0.2) is 0 Å². The number of aromatic nitrogens is 1. The number of nitrogens with zero attached hydrogens (tertiary/aromatic N) is 1. The van der Waals surface area contributed by atoms with Crippen molar-refractivity contribution in [2.45, 2.75) is 41.0 Å². The smallest absolute Gasteiger partial charge is 0.144 e. The first-order valence-electron chi connectivity index (χ1n) is 11.4. The molecule has 0 bridgehead atoms. The molecular formula is C30H28ClNO. The summed E-state index contributed by atoms with van der Waals surface area (Å²) in [4.78, 5) is 4.78. The first kappa shape index (κ1) is 21.7. The van der Waals surface area contributed by atoms with E-state index in [-0.39, 0.29) is 5.41 Å². The Morgan fingerprint density at radius 3 is 2.39 bits per heavy atom. The third kappa shape index (κ3) is 4.16. The molecule has 0 aliphatic carbocycles. The van der Waals surface area contributed by atoms with Crippen molar-refractivity contribution in [2.24, 2.45) is 5.41 Å². The number of hydrogen-bond donors (Lipinski definition) is 0. The van der Waals surface area contributed by atoms with Crippen LogP contribution in [0.4, 0.5) is 0 Å². The molecule has 0 N–H and O–H groups in total. The van der Waals surface area contributed by atoms with Gasteiger partial charge in [0.05, 0.1) is 5.69 Å². The Balaban J connectivity index is 1.63.